The van der Waals surface area contributed by atoms with E-state index in [-0.39, 0.29) is 26.7 Å². The average Bonchev–Trinajstić information content (AvgIpc) is 2.79. The van der Waals surface area contributed by atoms with Gasteiger partial charge >= 0.3 is 0 Å². The van der Waals surface area contributed by atoms with Crippen molar-refractivity contribution in [2.75, 3.05) is 10.8 Å². The highest BCUT2D eigenvalue weighted by molar-refractivity contribution is 7.92. The van der Waals surface area contributed by atoms with Gasteiger partial charge in [-0.05, 0) is 43.2 Å². The Labute approximate surface area is 199 Å². The molecule has 0 aliphatic carbocycles. The number of anilines is 1. The lowest BCUT2D eigenvalue weighted by Crippen LogP contribution is -2.42. The molecule has 0 radical (unpaired) electrons. The summed E-state index contributed by atoms with van der Waals surface area (Å²) in [6.07, 6.45) is 0.651. The Morgan fingerprint density at radius 3 is 2.25 bits per heavy atom. The summed E-state index contributed by atoms with van der Waals surface area (Å²) in [5.74, 6) is -0.451. The van der Waals surface area contributed by atoms with E-state index >= 15 is 0 Å². The highest BCUT2D eigenvalue weighted by Gasteiger charge is 2.29. The minimum absolute atomic E-state index is 0.0504. The molecule has 1 amide bonds. The van der Waals surface area contributed by atoms with E-state index in [2.05, 4.69) is 5.32 Å². The van der Waals surface area contributed by atoms with Gasteiger partial charge in [-0.15, -0.1) is 0 Å². The van der Waals surface area contributed by atoms with E-state index in [1.165, 1.54) is 18.2 Å². The van der Waals surface area contributed by atoms with Gasteiger partial charge in [0.15, 0.2) is 0 Å². The van der Waals surface area contributed by atoms with E-state index in [9.17, 15) is 13.2 Å². The Hall–Kier alpha value is -2.54. The molecule has 0 aliphatic heterocycles. The van der Waals surface area contributed by atoms with Gasteiger partial charge in [-0.3, -0.25) is 9.10 Å². The quantitative estimate of drug-likeness (QED) is 0.436. The van der Waals surface area contributed by atoms with Crippen molar-refractivity contribution in [2.24, 2.45) is 0 Å². The van der Waals surface area contributed by atoms with E-state index in [0.29, 0.717) is 6.42 Å². The smallest absolute Gasteiger partial charge is 0.264 e. The zero-order valence-corrected chi connectivity index (χ0v) is 20.1. The maximum atomic E-state index is 13.4. The summed E-state index contributed by atoms with van der Waals surface area (Å²) in [5.41, 5.74) is 2.21. The largest absolute Gasteiger partial charge is 0.348 e. The maximum Gasteiger partial charge on any atom is 0.264 e. The lowest BCUT2D eigenvalue weighted by Gasteiger charge is -2.26. The molecule has 1 N–H and O–H groups in total. The highest BCUT2D eigenvalue weighted by Crippen LogP contribution is 2.35. The van der Waals surface area contributed by atoms with Crippen LogP contribution in [0.2, 0.25) is 10.0 Å². The molecule has 0 bridgehead atoms. The molecule has 8 heteroatoms. The second-order valence-electron chi connectivity index (χ2n) is 7.34. The van der Waals surface area contributed by atoms with Crippen molar-refractivity contribution in [3.63, 3.8) is 0 Å². The Morgan fingerprint density at radius 2 is 1.62 bits per heavy atom. The zero-order chi connectivity index (χ0) is 23.3. The third kappa shape index (κ3) is 5.44. The Bertz CT molecular complexity index is 1180. The van der Waals surface area contributed by atoms with Crippen molar-refractivity contribution >= 4 is 44.8 Å². The zero-order valence-electron chi connectivity index (χ0n) is 17.8. The summed E-state index contributed by atoms with van der Waals surface area (Å²) < 4.78 is 27.9. The molecule has 0 saturated heterocycles. The Kier molecular flexibility index (Phi) is 7.82. The number of amides is 1. The lowest BCUT2D eigenvalue weighted by atomic mass is 10.0. The van der Waals surface area contributed by atoms with Crippen LogP contribution in [-0.2, 0) is 14.8 Å². The van der Waals surface area contributed by atoms with Crippen LogP contribution in [0.3, 0.4) is 0 Å². The van der Waals surface area contributed by atoms with Crippen molar-refractivity contribution < 1.29 is 13.2 Å². The number of carbonyl (C=O) groups excluding carboxylic acids is 1. The average molecular weight is 491 g/mol. The van der Waals surface area contributed by atoms with Gasteiger partial charge in [-0.2, -0.15) is 0 Å². The minimum Gasteiger partial charge on any atom is -0.348 e. The monoisotopic (exact) mass is 490 g/mol. The lowest BCUT2D eigenvalue weighted by molar-refractivity contribution is -0.120. The SMILES string of the molecule is CCC(NC(=O)CN(c1cccc(Cl)c1Cl)S(=O)(=O)c1ccccc1)c1ccc(C)cc1. The summed E-state index contributed by atoms with van der Waals surface area (Å²) >= 11 is 12.5. The molecule has 32 heavy (non-hydrogen) atoms. The van der Waals surface area contributed by atoms with E-state index in [1.807, 2.05) is 38.1 Å². The van der Waals surface area contributed by atoms with Gasteiger partial charge in [-0.25, -0.2) is 8.42 Å². The van der Waals surface area contributed by atoms with Crippen molar-refractivity contribution in [1.82, 2.24) is 5.32 Å². The molecular formula is C24H24Cl2N2O3S. The van der Waals surface area contributed by atoms with E-state index < -0.39 is 22.5 Å². The van der Waals surface area contributed by atoms with Gasteiger partial charge in [0, 0.05) is 0 Å². The number of sulfonamides is 1. The fraction of sp³-hybridized carbons (Fsp3) is 0.208. The second-order valence-corrected chi connectivity index (χ2v) is 9.98. The molecular weight excluding hydrogens is 467 g/mol. The fourth-order valence-corrected chi connectivity index (χ4v) is 5.20. The van der Waals surface area contributed by atoms with Crippen LogP contribution in [0, 0.1) is 6.92 Å². The van der Waals surface area contributed by atoms with E-state index in [0.717, 1.165) is 15.4 Å². The first-order valence-electron chi connectivity index (χ1n) is 10.1. The molecule has 0 fully saturated rings. The molecule has 1 unspecified atom stereocenters. The second kappa shape index (κ2) is 10.4. The van der Waals surface area contributed by atoms with Gasteiger partial charge in [-0.1, -0.05) is 84.2 Å². The first-order chi connectivity index (χ1) is 15.2. The van der Waals surface area contributed by atoms with Gasteiger partial charge in [0.25, 0.3) is 10.0 Å². The first-order valence-corrected chi connectivity index (χ1v) is 12.3. The molecule has 5 nitrogen and oxygen atoms in total. The molecule has 1 atom stereocenters. The standard InChI is InChI=1S/C24H24Cl2N2O3S/c1-3-21(18-14-12-17(2)13-15-18)27-23(29)16-28(22-11-7-10-20(25)24(22)26)32(30,31)19-8-5-4-6-9-19/h4-15,21H,3,16H2,1-2H3,(H,27,29). The number of carbonyl (C=O) groups is 1. The number of nitrogens with one attached hydrogen (secondary N) is 1. The Morgan fingerprint density at radius 1 is 0.969 bits per heavy atom. The number of benzene rings is 3. The highest BCUT2D eigenvalue weighted by atomic mass is 35.5. The van der Waals surface area contributed by atoms with Crippen molar-refractivity contribution in [3.05, 3.63) is 94.0 Å². The number of hydrogen-bond acceptors (Lipinski definition) is 3. The fourth-order valence-electron chi connectivity index (χ4n) is 3.29. The molecule has 0 spiro atoms. The maximum absolute atomic E-state index is 13.4. The van der Waals surface area contributed by atoms with Crippen LogP contribution in [0.1, 0.15) is 30.5 Å². The third-order valence-corrected chi connectivity index (χ3v) is 7.62. The number of hydrogen-bond donors (Lipinski definition) is 1. The first kappa shape index (κ1) is 24.1. The Balaban J connectivity index is 1.94. The van der Waals surface area contributed by atoms with Crippen molar-refractivity contribution in [2.45, 2.75) is 31.2 Å². The number of rotatable bonds is 8. The number of nitrogens with zero attached hydrogens (tertiary/aromatic N) is 1. The molecule has 0 heterocycles. The molecule has 3 aromatic carbocycles. The van der Waals surface area contributed by atoms with Crippen LogP contribution in [0.25, 0.3) is 0 Å². The third-order valence-electron chi connectivity index (χ3n) is 5.04. The molecule has 0 aromatic heterocycles. The summed E-state index contributed by atoms with van der Waals surface area (Å²) in [6, 6.07) is 20.2. The van der Waals surface area contributed by atoms with Crippen LogP contribution >= 0.6 is 23.2 Å². The number of halogens is 2. The molecule has 168 valence electrons. The van der Waals surface area contributed by atoms with Crippen molar-refractivity contribution in [3.8, 4) is 0 Å². The predicted octanol–water partition coefficient (Wildman–Crippen LogP) is 5.76. The number of aryl methyl sites for hydroxylation is 1. The summed E-state index contributed by atoms with van der Waals surface area (Å²) in [7, 11) is -4.07. The van der Waals surface area contributed by atoms with Crippen LogP contribution in [-0.4, -0.2) is 20.9 Å². The van der Waals surface area contributed by atoms with Crippen molar-refractivity contribution in [1.29, 1.82) is 0 Å². The molecule has 0 saturated carbocycles. The predicted molar refractivity (Wildman–Crippen MR) is 130 cm³/mol. The topological polar surface area (TPSA) is 66.5 Å². The van der Waals surface area contributed by atoms with Crippen LogP contribution in [0.5, 0.6) is 0 Å². The van der Waals surface area contributed by atoms with Gasteiger partial charge in [0.05, 0.1) is 26.7 Å². The summed E-state index contributed by atoms with van der Waals surface area (Å²) in [6.45, 7) is 3.50. The van der Waals surface area contributed by atoms with Crippen LogP contribution in [0.4, 0.5) is 5.69 Å². The van der Waals surface area contributed by atoms with Crippen LogP contribution in [0.15, 0.2) is 77.7 Å². The minimum atomic E-state index is -4.07. The molecule has 3 aromatic rings. The normalized spacial score (nSPS) is 12.2. The van der Waals surface area contributed by atoms with E-state index in [4.69, 9.17) is 23.2 Å². The summed E-state index contributed by atoms with van der Waals surface area (Å²) in [5, 5.41) is 3.20. The van der Waals surface area contributed by atoms with E-state index in [1.54, 1.807) is 30.3 Å². The van der Waals surface area contributed by atoms with Gasteiger partial charge in [0.2, 0.25) is 5.91 Å². The van der Waals surface area contributed by atoms with Gasteiger partial charge in [0.1, 0.15) is 6.54 Å². The molecule has 3 rings (SSSR count). The van der Waals surface area contributed by atoms with Crippen LogP contribution < -0.4 is 9.62 Å². The molecule has 0 aliphatic rings. The van der Waals surface area contributed by atoms with Gasteiger partial charge < -0.3 is 5.32 Å². The summed E-state index contributed by atoms with van der Waals surface area (Å²) in [4.78, 5) is 13.1.